The fraction of sp³-hybridized carbons (Fsp3) is 0.250. The van der Waals surface area contributed by atoms with Gasteiger partial charge in [-0.15, -0.1) is 0 Å². The molecule has 0 saturated heterocycles. The molecule has 2 heterocycles. The van der Waals surface area contributed by atoms with Crippen molar-refractivity contribution < 1.29 is 0 Å². The average Bonchev–Trinajstić information content (AvgIpc) is 3.04. The maximum absolute atomic E-state index is 13.4. The lowest BCUT2D eigenvalue weighted by Crippen LogP contribution is -2.21. The van der Waals surface area contributed by atoms with Crippen LogP contribution in [0.2, 0.25) is 0 Å². The van der Waals surface area contributed by atoms with Gasteiger partial charge in [0, 0.05) is 12.0 Å². The van der Waals surface area contributed by atoms with E-state index in [1.165, 1.54) is 5.56 Å². The number of nitrogens with one attached hydrogen (secondary N) is 1. The predicted molar refractivity (Wildman–Crippen MR) is 113 cm³/mol. The maximum atomic E-state index is 13.4. The Balaban J connectivity index is 1.91. The molecule has 0 bridgehead atoms. The monoisotopic (exact) mass is 369 g/mol. The minimum atomic E-state index is -0.0659. The molecule has 0 radical (unpaired) electrons. The van der Waals surface area contributed by atoms with Crippen LogP contribution in [0.15, 0.2) is 53.3 Å². The molecule has 0 saturated carbocycles. The number of nitrogens with zero attached hydrogens (tertiary/aromatic N) is 2. The summed E-state index contributed by atoms with van der Waals surface area (Å²) in [5, 5.41) is 9.76. The molecule has 0 spiro atoms. The lowest BCUT2D eigenvalue weighted by atomic mass is 9.86. The zero-order chi connectivity index (χ0) is 20.1. The van der Waals surface area contributed by atoms with Crippen LogP contribution in [0.4, 0.5) is 0 Å². The topological polar surface area (TPSA) is 61.1 Å². The zero-order valence-corrected chi connectivity index (χ0v) is 16.6. The normalized spacial score (nSPS) is 11.8. The van der Waals surface area contributed by atoms with Gasteiger partial charge in [-0.1, -0.05) is 57.2 Å². The summed E-state index contributed by atoms with van der Waals surface area (Å²) in [5.74, 6) is 0. The number of pyridine rings is 1. The standard InChI is InChI=1S/C24H23N3O/c1-15-18(13-16-9-11-17(12-10-16)24(2,3)4)23(28)27-21-8-6-5-7-20(21)26-22(27)19(15)14-25/h5-12,26H,13H2,1-4H3. The van der Waals surface area contributed by atoms with Crippen LogP contribution in [-0.4, -0.2) is 9.38 Å². The van der Waals surface area contributed by atoms with Crippen molar-refractivity contribution in [1.29, 1.82) is 5.26 Å². The smallest absolute Gasteiger partial charge is 0.260 e. The molecule has 2 aromatic carbocycles. The summed E-state index contributed by atoms with van der Waals surface area (Å²) in [6, 6.07) is 18.3. The maximum Gasteiger partial charge on any atom is 0.260 e. The lowest BCUT2D eigenvalue weighted by molar-refractivity contribution is 0.590. The van der Waals surface area contributed by atoms with E-state index in [0.29, 0.717) is 23.2 Å². The summed E-state index contributed by atoms with van der Waals surface area (Å²) in [6.45, 7) is 8.42. The fourth-order valence-corrected chi connectivity index (χ4v) is 3.76. The van der Waals surface area contributed by atoms with Gasteiger partial charge in [0.1, 0.15) is 11.7 Å². The molecule has 140 valence electrons. The van der Waals surface area contributed by atoms with Crippen molar-refractivity contribution in [2.75, 3.05) is 0 Å². The first kappa shape index (κ1) is 18.1. The van der Waals surface area contributed by atoms with Gasteiger partial charge in [-0.2, -0.15) is 5.26 Å². The summed E-state index contributed by atoms with van der Waals surface area (Å²) >= 11 is 0. The number of H-pyrrole nitrogens is 1. The SMILES string of the molecule is Cc1c(Cc2ccc(C(C)(C)C)cc2)c(=O)n2c([nH]c3ccccc32)c1C#N. The second kappa shape index (κ2) is 6.38. The number of benzene rings is 2. The average molecular weight is 369 g/mol. The van der Waals surface area contributed by atoms with Crippen molar-refractivity contribution in [2.24, 2.45) is 0 Å². The lowest BCUT2D eigenvalue weighted by Gasteiger charge is -2.19. The van der Waals surface area contributed by atoms with Crippen LogP contribution >= 0.6 is 0 Å². The van der Waals surface area contributed by atoms with Crippen molar-refractivity contribution in [2.45, 2.75) is 39.5 Å². The van der Waals surface area contributed by atoms with E-state index in [4.69, 9.17) is 0 Å². The number of hydrogen-bond acceptors (Lipinski definition) is 2. The number of aromatic amines is 1. The molecule has 0 aliphatic rings. The number of hydrogen-bond donors (Lipinski definition) is 1. The van der Waals surface area contributed by atoms with E-state index >= 15 is 0 Å². The minimum Gasteiger partial charge on any atom is -0.338 e. The molecule has 2 aromatic heterocycles. The van der Waals surface area contributed by atoms with Gasteiger partial charge in [-0.3, -0.25) is 9.20 Å². The third-order valence-corrected chi connectivity index (χ3v) is 5.46. The van der Waals surface area contributed by atoms with Crippen LogP contribution in [0.1, 0.15) is 48.6 Å². The van der Waals surface area contributed by atoms with Gasteiger partial charge in [0.2, 0.25) is 0 Å². The number of aromatic nitrogens is 2. The van der Waals surface area contributed by atoms with E-state index in [9.17, 15) is 10.1 Å². The van der Waals surface area contributed by atoms with Crippen LogP contribution in [0.25, 0.3) is 16.7 Å². The van der Waals surface area contributed by atoms with Crippen molar-refractivity contribution in [1.82, 2.24) is 9.38 Å². The van der Waals surface area contributed by atoms with E-state index in [1.807, 2.05) is 31.2 Å². The van der Waals surface area contributed by atoms with Gasteiger partial charge >= 0.3 is 0 Å². The Morgan fingerprint density at radius 3 is 2.39 bits per heavy atom. The predicted octanol–water partition coefficient (Wildman–Crippen LogP) is 4.85. The van der Waals surface area contributed by atoms with Crippen molar-refractivity contribution >= 4 is 16.7 Å². The Labute approximate surface area is 164 Å². The van der Waals surface area contributed by atoms with E-state index in [-0.39, 0.29) is 11.0 Å². The molecule has 4 heteroatoms. The molecule has 0 aliphatic heterocycles. The fourth-order valence-electron chi connectivity index (χ4n) is 3.76. The van der Waals surface area contributed by atoms with Gasteiger partial charge in [0.15, 0.2) is 0 Å². The second-order valence-corrected chi connectivity index (χ2v) is 8.35. The summed E-state index contributed by atoms with van der Waals surface area (Å²) in [4.78, 5) is 16.6. The Morgan fingerprint density at radius 2 is 1.75 bits per heavy atom. The van der Waals surface area contributed by atoms with Crippen LogP contribution in [0.3, 0.4) is 0 Å². The van der Waals surface area contributed by atoms with E-state index in [1.54, 1.807) is 4.40 Å². The highest BCUT2D eigenvalue weighted by Gasteiger charge is 2.19. The van der Waals surface area contributed by atoms with E-state index < -0.39 is 0 Å². The molecule has 0 unspecified atom stereocenters. The van der Waals surface area contributed by atoms with Gasteiger partial charge in [0.05, 0.1) is 16.6 Å². The first-order chi connectivity index (χ1) is 13.3. The van der Waals surface area contributed by atoms with Crippen LogP contribution in [0.5, 0.6) is 0 Å². The first-order valence-electron chi connectivity index (χ1n) is 9.45. The number of imidazole rings is 1. The van der Waals surface area contributed by atoms with E-state index in [2.05, 4.69) is 56.1 Å². The van der Waals surface area contributed by atoms with Crippen molar-refractivity contribution in [3.8, 4) is 6.07 Å². The highest BCUT2D eigenvalue weighted by atomic mass is 16.1. The third-order valence-electron chi connectivity index (χ3n) is 5.46. The molecule has 4 rings (SSSR count). The highest BCUT2D eigenvalue weighted by molar-refractivity contribution is 5.83. The number of para-hydroxylation sites is 2. The largest absolute Gasteiger partial charge is 0.338 e. The summed E-state index contributed by atoms with van der Waals surface area (Å²) < 4.78 is 1.64. The number of nitriles is 1. The first-order valence-corrected chi connectivity index (χ1v) is 9.45. The molecule has 0 fully saturated rings. The number of fused-ring (bicyclic) bond motifs is 3. The summed E-state index contributed by atoms with van der Waals surface area (Å²) in [6.07, 6.45) is 0.506. The summed E-state index contributed by atoms with van der Waals surface area (Å²) in [5.41, 5.74) is 6.50. The second-order valence-electron chi connectivity index (χ2n) is 8.35. The van der Waals surface area contributed by atoms with Gasteiger partial charge in [-0.05, 0) is 41.2 Å². The Bertz CT molecular complexity index is 1290. The molecule has 4 nitrogen and oxygen atoms in total. The van der Waals surface area contributed by atoms with Gasteiger partial charge in [-0.25, -0.2) is 0 Å². The quantitative estimate of drug-likeness (QED) is 0.549. The minimum absolute atomic E-state index is 0.0659. The van der Waals surface area contributed by atoms with Crippen LogP contribution in [0, 0.1) is 18.3 Å². The number of rotatable bonds is 2. The van der Waals surface area contributed by atoms with Crippen molar-refractivity contribution in [3.63, 3.8) is 0 Å². The zero-order valence-electron chi connectivity index (χ0n) is 16.6. The molecule has 0 atom stereocenters. The van der Waals surface area contributed by atoms with Gasteiger partial charge < -0.3 is 4.98 Å². The Hall–Kier alpha value is -3.32. The molecule has 1 N–H and O–H groups in total. The molecule has 0 aliphatic carbocycles. The van der Waals surface area contributed by atoms with Crippen LogP contribution < -0.4 is 5.56 Å². The van der Waals surface area contributed by atoms with E-state index in [0.717, 1.165) is 22.2 Å². The van der Waals surface area contributed by atoms with Crippen molar-refractivity contribution in [3.05, 3.63) is 86.7 Å². The third kappa shape index (κ3) is 2.80. The summed E-state index contributed by atoms with van der Waals surface area (Å²) in [7, 11) is 0. The Kier molecular flexibility index (Phi) is 4.12. The van der Waals surface area contributed by atoms with Gasteiger partial charge in [0.25, 0.3) is 5.56 Å². The molecule has 0 amide bonds. The Morgan fingerprint density at radius 1 is 1.07 bits per heavy atom. The van der Waals surface area contributed by atoms with Crippen LogP contribution in [-0.2, 0) is 11.8 Å². The molecule has 4 aromatic rings. The molecule has 28 heavy (non-hydrogen) atoms. The molecular weight excluding hydrogens is 346 g/mol. The highest BCUT2D eigenvalue weighted by Crippen LogP contribution is 2.25. The molecular formula is C24H23N3O.